The van der Waals surface area contributed by atoms with Crippen LogP contribution in [0.5, 0.6) is 0 Å². The molecule has 51 heavy (non-hydrogen) atoms. The monoisotopic (exact) mass is 657 g/mol. The van der Waals surface area contributed by atoms with Gasteiger partial charge in [0.05, 0.1) is 44.1 Å². The molecule has 238 valence electrons. The van der Waals surface area contributed by atoms with Crippen LogP contribution < -0.4 is 0 Å². The summed E-state index contributed by atoms with van der Waals surface area (Å²) in [5.74, 6) is 0. The highest BCUT2D eigenvalue weighted by Gasteiger charge is 2.17. The zero-order chi connectivity index (χ0) is 40.4. The fourth-order valence-corrected chi connectivity index (χ4v) is 7.91. The first kappa shape index (κ1) is 21.3. The molecular weight excluding hydrogens is 619 g/mol. The first-order valence-corrected chi connectivity index (χ1v) is 16.9. The fourth-order valence-electron chi connectivity index (χ4n) is 7.91. The molecule has 0 unspecified atom stereocenters. The number of rotatable bonds is 4. The second-order valence-corrected chi connectivity index (χ2v) is 12.8. The number of hydrogen-bond acceptors (Lipinski definition) is 0. The Morgan fingerprint density at radius 2 is 0.725 bits per heavy atom. The molecule has 3 heterocycles. The molecule has 0 atom stereocenters. The molecule has 11 rings (SSSR count). The van der Waals surface area contributed by atoms with Gasteiger partial charge >= 0.3 is 0 Å². The van der Waals surface area contributed by atoms with Gasteiger partial charge in [-0.3, -0.25) is 0 Å². The van der Waals surface area contributed by atoms with Gasteiger partial charge in [-0.1, -0.05) is 115 Å². The smallest absolute Gasteiger partial charge is 0.0645 e. The van der Waals surface area contributed by atoms with Crippen molar-refractivity contribution < 1.29 is 11.0 Å². The van der Waals surface area contributed by atoms with Crippen molar-refractivity contribution in [2.75, 3.05) is 0 Å². The standard InChI is InChI=1S/C48H31N3/c1-6-22-43-37(17-1)38-18-2-7-23-44(38)49(43)34-14-11-13-32(29-34)33-27-28-48-42(30-33)41-21-5-10-26-47(41)51(48)36-16-12-15-35(31-36)50-45-24-8-3-19-39(45)40-20-4-9-25-46(40)50/h1-31H/i3D,4D,8D,9D,19D,20D,24D,25D. The molecule has 3 aromatic heterocycles. The van der Waals surface area contributed by atoms with Crippen molar-refractivity contribution in [3.8, 4) is 28.2 Å². The van der Waals surface area contributed by atoms with Crippen LogP contribution in [0.2, 0.25) is 0 Å². The SMILES string of the molecule is [2H]c1c([2H])c([2H])c2c(c1[2H])c1c([2H])c([2H])c([2H])c([2H])c1n2-c1cccc(-n2c3ccccc3c3cc(-c4cccc(-n5c6ccccc6c6ccccc65)c4)ccc32)c1. The lowest BCUT2D eigenvalue weighted by atomic mass is 10.0. The maximum absolute atomic E-state index is 8.99. The topological polar surface area (TPSA) is 14.8 Å². The summed E-state index contributed by atoms with van der Waals surface area (Å²) < 4.78 is 75.6. The second kappa shape index (κ2) is 10.8. The third-order valence-corrected chi connectivity index (χ3v) is 10.1. The van der Waals surface area contributed by atoms with E-state index in [2.05, 4.69) is 112 Å². The van der Waals surface area contributed by atoms with E-state index in [1.54, 1.807) is 10.6 Å². The van der Waals surface area contributed by atoms with Crippen molar-refractivity contribution in [3.63, 3.8) is 0 Å². The van der Waals surface area contributed by atoms with Gasteiger partial charge in [0, 0.05) is 49.4 Å². The van der Waals surface area contributed by atoms with Gasteiger partial charge in [-0.15, -0.1) is 0 Å². The van der Waals surface area contributed by atoms with Crippen LogP contribution in [0.15, 0.2) is 188 Å². The molecule has 0 radical (unpaired) electrons. The average Bonchev–Trinajstić information content (AvgIpc) is 3.93. The summed E-state index contributed by atoms with van der Waals surface area (Å²) in [5, 5.41) is 4.61. The molecule has 3 heteroatoms. The van der Waals surface area contributed by atoms with E-state index in [-0.39, 0.29) is 46.0 Å². The molecule has 0 N–H and O–H groups in total. The van der Waals surface area contributed by atoms with E-state index in [0.717, 1.165) is 55.3 Å². The van der Waals surface area contributed by atoms with Gasteiger partial charge in [-0.2, -0.15) is 0 Å². The van der Waals surface area contributed by atoms with Crippen LogP contribution in [0, 0.1) is 0 Å². The lowest BCUT2D eigenvalue weighted by Gasteiger charge is -2.13. The molecule has 0 aliphatic carbocycles. The zero-order valence-corrected chi connectivity index (χ0v) is 27.1. The summed E-state index contributed by atoms with van der Waals surface area (Å²) in [4.78, 5) is 0. The lowest BCUT2D eigenvalue weighted by molar-refractivity contribution is 1.13. The Morgan fingerprint density at radius 1 is 0.294 bits per heavy atom. The zero-order valence-electron chi connectivity index (χ0n) is 35.1. The summed E-state index contributed by atoms with van der Waals surface area (Å²) in [6.45, 7) is 0. The van der Waals surface area contributed by atoms with Gasteiger partial charge in [0.25, 0.3) is 0 Å². The molecule has 3 nitrogen and oxygen atoms in total. The first-order chi connectivity index (χ1) is 28.6. The Hall–Kier alpha value is -6.84. The number of hydrogen-bond donors (Lipinski definition) is 0. The Balaban J connectivity index is 1.11. The van der Waals surface area contributed by atoms with E-state index < -0.39 is 24.2 Å². The third kappa shape index (κ3) is 4.12. The van der Waals surface area contributed by atoms with E-state index in [1.807, 2.05) is 30.3 Å². The lowest BCUT2D eigenvalue weighted by Crippen LogP contribution is -1.98. The summed E-state index contributed by atoms with van der Waals surface area (Å²) in [7, 11) is 0. The summed E-state index contributed by atoms with van der Waals surface area (Å²) in [6.07, 6.45) is 0. The molecule has 0 spiro atoms. The Bertz CT molecular complexity index is 3480. The number of nitrogens with zero attached hydrogens (tertiary/aromatic N) is 3. The molecule has 0 aliphatic heterocycles. The van der Waals surface area contributed by atoms with E-state index in [1.165, 1.54) is 10.8 Å². The highest BCUT2D eigenvalue weighted by molar-refractivity contribution is 6.12. The van der Waals surface area contributed by atoms with Crippen LogP contribution in [0.1, 0.15) is 11.0 Å². The number of aromatic nitrogens is 3. The maximum atomic E-state index is 8.99. The molecule has 0 saturated heterocycles. The van der Waals surface area contributed by atoms with Crippen LogP contribution in [0.4, 0.5) is 0 Å². The van der Waals surface area contributed by atoms with Gasteiger partial charge in [0.2, 0.25) is 0 Å². The number of para-hydroxylation sites is 5. The Morgan fingerprint density at radius 3 is 1.31 bits per heavy atom. The van der Waals surface area contributed by atoms with Crippen molar-refractivity contribution >= 4 is 65.4 Å². The minimum absolute atomic E-state index is 0.0509. The molecule has 0 saturated carbocycles. The first-order valence-electron chi connectivity index (χ1n) is 20.9. The van der Waals surface area contributed by atoms with Crippen LogP contribution in [-0.2, 0) is 0 Å². The minimum atomic E-state index is -0.467. The average molecular weight is 658 g/mol. The van der Waals surface area contributed by atoms with Gasteiger partial charge < -0.3 is 13.7 Å². The van der Waals surface area contributed by atoms with E-state index in [4.69, 9.17) is 11.0 Å². The van der Waals surface area contributed by atoms with Gasteiger partial charge in [-0.25, -0.2) is 0 Å². The van der Waals surface area contributed by atoms with Crippen molar-refractivity contribution in [3.05, 3.63) is 188 Å². The molecule has 11 aromatic rings. The van der Waals surface area contributed by atoms with Crippen molar-refractivity contribution in [2.24, 2.45) is 0 Å². The third-order valence-electron chi connectivity index (χ3n) is 10.1. The summed E-state index contributed by atoms with van der Waals surface area (Å²) in [6, 6.07) is 44.6. The molecule has 0 bridgehead atoms. The predicted octanol–water partition coefficient (Wildman–Crippen LogP) is 12.6. The van der Waals surface area contributed by atoms with Crippen LogP contribution >= 0.6 is 0 Å². The molecule has 0 amide bonds. The Labute approximate surface area is 305 Å². The fraction of sp³-hybridized carbons (Fsp3) is 0. The minimum Gasteiger partial charge on any atom is -0.309 e. The van der Waals surface area contributed by atoms with Crippen LogP contribution in [0.3, 0.4) is 0 Å². The maximum Gasteiger partial charge on any atom is 0.0645 e. The largest absolute Gasteiger partial charge is 0.309 e. The van der Waals surface area contributed by atoms with Crippen LogP contribution in [-0.4, -0.2) is 13.7 Å². The van der Waals surface area contributed by atoms with Crippen molar-refractivity contribution in [1.29, 1.82) is 0 Å². The molecule has 0 fully saturated rings. The molecule has 0 aliphatic rings. The van der Waals surface area contributed by atoms with Crippen molar-refractivity contribution in [2.45, 2.75) is 0 Å². The van der Waals surface area contributed by atoms with Gasteiger partial charge in [0.15, 0.2) is 0 Å². The molecular formula is C48H31N3. The van der Waals surface area contributed by atoms with Gasteiger partial charge in [0.1, 0.15) is 0 Å². The van der Waals surface area contributed by atoms with E-state index >= 15 is 0 Å². The van der Waals surface area contributed by atoms with E-state index in [0.29, 0.717) is 5.69 Å². The highest BCUT2D eigenvalue weighted by Crippen LogP contribution is 2.38. The normalized spacial score (nSPS) is 14.1. The number of benzene rings is 8. The summed E-state index contributed by atoms with van der Waals surface area (Å²) in [5.41, 5.74) is 8.85. The second-order valence-electron chi connectivity index (χ2n) is 12.8. The molecule has 8 aromatic carbocycles. The quantitative estimate of drug-likeness (QED) is 0.179. The Kier molecular flexibility index (Phi) is 4.52. The van der Waals surface area contributed by atoms with E-state index in [9.17, 15) is 0 Å². The predicted molar refractivity (Wildman–Crippen MR) is 215 cm³/mol. The number of fused-ring (bicyclic) bond motifs is 9. The van der Waals surface area contributed by atoms with Crippen LogP contribution in [0.25, 0.3) is 93.6 Å². The van der Waals surface area contributed by atoms with Crippen molar-refractivity contribution in [1.82, 2.24) is 13.7 Å². The summed E-state index contributed by atoms with van der Waals surface area (Å²) >= 11 is 0. The van der Waals surface area contributed by atoms with Gasteiger partial charge in [-0.05, 0) is 83.9 Å². The highest BCUT2D eigenvalue weighted by atomic mass is 15.0.